The van der Waals surface area contributed by atoms with Crippen molar-refractivity contribution in [3.63, 3.8) is 0 Å². The number of aromatic amines is 1. The Morgan fingerprint density at radius 2 is 1.63 bits per heavy atom. The Labute approximate surface area is 273 Å². The number of nitrogens with zero attached hydrogens (tertiary/aromatic N) is 6. The summed E-state index contributed by atoms with van der Waals surface area (Å²) in [6.07, 6.45) is 10.3. The van der Waals surface area contributed by atoms with Crippen LogP contribution in [-0.4, -0.2) is 39.6 Å². The number of H-pyrrole nitrogens is 1. The second kappa shape index (κ2) is 15.1. The predicted molar refractivity (Wildman–Crippen MR) is 188 cm³/mol. The average molecular weight is 615 g/mol. The van der Waals surface area contributed by atoms with Crippen LogP contribution in [0.1, 0.15) is 60.4 Å². The SMILES string of the molecule is CCCCN1N=NNN1c1ccc2[nH]c(-c3cc(C)cc(C)c3)c(CCN(CCCCc3cccnc3)Cc3ccccc3)c2c1. The number of unbranched alkanes of at least 4 members (excludes halogenated alkanes) is 2. The molecule has 0 spiro atoms. The molecule has 2 aromatic heterocycles. The lowest BCUT2D eigenvalue weighted by Gasteiger charge is -2.25. The molecule has 0 saturated heterocycles. The van der Waals surface area contributed by atoms with Gasteiger partial charge in [-0.2, -0.15) is 15.8 Å². The molecule has 0 fully saturated rings. The molecule has 0 radical (unpaired) electrons. The van der Waals surface area contributed by atoms with Crippen molar-refractivity contribution in [1.82, 2.24) is 25.5 Å². The number of pyridine rings is 1. The molecule has 46 heavy (non-hydrogen) atoms. The molecule has 0 aliphatic carbocycles. The molecule has 0 atom stereocenters. The van der Waals surface area contributed by atoms with E-state index in [0.29, 0.717) is 0 Å². The first kappa shape index (κ1) is 31.3. The number of rotatable bonds is 15. The third-order valence-corrected chi connectivity index (χ3v) is 8.71. The maximum absolute atomic E-state index is 4.32. The highest BCUT2D eigenvalue weighted by Crippen LogP contribution is 2.35. The van der Waals surface area contributed by atoms with Crippen molar-refractivity contribution >= 4 is 16.6 Å². The van der Waals surface area contributed by atoms with Crippen molar-refractivity contribution < 1.29 is 0 Å². The summed E-state index contributed by atoms with van der Waals surface area (Å²) in [6.45, 7) is 10.3. The smallest absolute Gasteiger partial charge is 0.0854 e. The van der Waals surface area contributed by atoms with E-state index in [4.69, 9.17) is 0 Å². The van der Waals surface area contributed by atoms with Gasteiger partial charge in [0, 0.05) is 42.1 Å². The van der Waals surface area contributed by atoms with Gasteiger partial charge in [0.1, 0.15) is 0 Å². The van der Waals surface area contributed by atoms with Gasteiger partial charge in [0.15, 0.2) is 0 Å². The molecule has 3 aromatic carbocycles. The van der Waals surface area contributed by atoms with Crippen LogP contribution in [0.2, 0.25) is 0 Å². The minimum absolute atomic E-state index is 0.814. The fourth-order valence-electron chi connectivity index (χ4n) is 6.43. The van der Waals surface area contributed by atoms with Gasteiger partial charge in [-0.1, -0.05) is 66.9 Å². The molecule has 238 valence electrons. The van der Waals surface area contributed by atoms with Crippen LogP contribution < -0.4 is 10.7 Å². The zero-order valence-electron chi connectivity index (χ0n) is 27.4. The number of aryl methyl sites for hydroxylation is 3. The van der Waals surface area contributed by atoms with Crippen LogP contribution >= 0.6 is 0 Å². The standard InChI is InChI=1S/C38H46N8/c1-4-5-21-45-42-41-43-46(45)34-16-17-37-36(26-34)35(38(40-37)33-24-29(2)23-30(3)25-33)18-22-44(28-32-13-7-6-8-14-32)20-10-9-12-31-15-11-19-39-27-31/h6-8,11,13-17,19,23-27,40H,4-5,9-10,12,18,20-22,28H2,1-3H3,(H,42,43). The molecule has 0 unspecified atom stereocenters. The number of aromatic nitrogens is 2. The van der Waals surface area contributed by atoms with E-state index in [0.717, 1.165) is 75.9 Å². The van der Waals surface area contributed by atoms with Gasteiger partial charge >= 0.3 is 0 Å². The second-order valence-electron chi connectivity index (χ2n) is 12.5. The van der Waals surface area contributed by atoms with E-state index in [1.54, 1.807) is 0 Å². The first-order valence-corrected chi connectivity index (χ1v) is 16.7. The second-order valence-corrected chi connectivity index (χ2v) is 12.5. The highest BCUT2D eigenvalue weighted by molar-refractivity contribution is 5.93. The third kappa shape index (κ3) is 7.74. The van der Waals surface area contributed by atoms with Crippen molar-refractivity contribution in [3.05, 3.63) is 119 Å². The molecule has 8 heteroatoms. The Bertz CT molecular complexity index is 1710. The van der Waals surface area contributed by atoms with Crippen LogP contribution in [0.15, 0.2) is 102 Å². The van der Waals surface area contributed by atoms with Gasteiger partial charge in [0.05, 0.1) is 12.2 Å². The Morgan fingerprint density at radius 3 is 2.41 bits per heavy atom. The molecule has 6 rings (SSSR count). The van der Waals surface area contributed by atoms with Crippen LogP contribution in [0.5, 0.6) is 0 Å². The van der Waals surface area contributed by atoms with Crippen LogP contribution in [0.25, 0.3) is 22.2 Å². The molecule has 0 bridgehead atoms. The molecule has 1 aliphatic heterocycles. The van der Waals surface area contributed by atoms with Gasteiger partial charge in [0.25, 0.3) is 0 Å². The molecule has 3 heterocycles. The highest BCUT2D eigenvalue weighted by atomic mass is 16.0. The molecule has 5 aromatic rings. The van der Waals surface area contributed by atoms with E-state index in [2.05, 4.69) is 124 Å². The Balaban J connectivity index is 1.28. The highest BCUT2D eigenvalue weighted by Gasteiger charge is 2.22. The van der Waals surface area contributed by atoms with Gasteiger partial charge in [-0.15, -0.1) is 0 Å². The fourth-order valence-corrected chi connectivity index (χ4v) is 6.43. The third-order valence-electron chi connectivity index (χ3n) is 8.71. The summed E-state index contributed by atoms with van der Waals surface area (Å²) < 4.78 is 0. The van der Waals surface area contributed by atoms with Crippen molar-refractivity contribution in [2.75, 3.05) is 24.8 Å². The lowest BCUT2D eigenvalue weighted by molar-refractivity contribution is 0.263. The summed E-state index contributed by atoms with van der Waals surface area (Å²) in [5.41, 5.74) is 14.3. The van der Waals surface area contributed by atoms with Crippen molar-refractivity contribution in [2.45, 2.75) is 65.8 Å². The Hall–Kier alpha value is -4.69. The molecule has 0 amide bonds. The molecule has 1 aliphatic rings. The topological polar surface area (TPSA) is 75.2 Å². The number of hydrazine groups is 2. The fraction of sp³-hybridized carbons (Fsp3) is 0.342. The van der Waals surface area contributed by atoms with Gasteiger partial charge in [-0.25, -0.2) is 0 Å². The van der Waals surface area contributed by atoms with Crippen LogP contribution in [0.4, 0.5) is 5.69 Å². The number of benzene rings is 3. The first-order valence-electron chi connectivity index (χ1n) is 16.7. The number of anilines is 1. The van der Waals surface area contributed by atoms with Crippen LogP contribution in [0, 0.1) is 13.8 Å². The lowest BCUT2D eigenvalue weighted by atomic mass is 9.99. The van der Waals surface area contributed by atoms with E-state index in [1.807, 2.05) is 28.7 Å². The summed E-state index contributed by atoms with van der Waals surface area (Å²) >= 11 is 0. The largest absolute Gasteiger partial charge is 0.354 e. The summed E-state index contributed by atoms with van der Waals surface area (Å²) in [4.78, 5) is 10.7. The monoisotopic (exact) mass is 614 g/mol. The summed E-state index contributed by atoms with van der Waals surface area (Å²) in [5.74, 6) is 0. The number of nitrogens with one attached hydrogen (secondary N) is 2. The summed E-state index contributed by atoms with van der Waals surface area (Å²) in [7, 11) is 0. The van der Waals surface area contributed by atoms with E-state index in [-0.39, 0.29) is 0 Å². The Kier molecular flexibility index (Phi) is 10.2. The number of hydrogen-bond donors (Lipinski definition) is 2. The predicted octanol–water partition coefficient (Wildman–Crippen LogP) is 8.54. The first-order chi connectivity index (χ1) is 22.6. The Morgan fingerprint density at radius 1 is 0.804 bits per heavy atom. The van der Waals surface area contributed by atoms with Crippen LogP contribution in [0.3, 0.4) is 0 Å². The molecular formula is C38H46N8. The van der Waals surface area contributed by atoms with Crippen LogP contribution in [-0.2, 0) is 19.4 Å². The van der Waals surface area contributed by atoms with E-state index < -0.39 is 0 Å². The van der Waals surface area contributed by atoms with Gasteiger partial charge < -0.3 is 4.98 Å². The quantitative estimate of drug-likeness (QED) is 0.116. The molecular weight excluding hydrogens is 568 g/mol. The summed E-state index contributed by atoms with van der Waals surface area (Å²) in [5, 5.41) is 13.5. The lowest BCUT2D eigenvalue weighted by Crippen LogP contribution is -2.42. The van der Waals surface area contributed by atoms with E-state index in [9.17, 15) is 0 Å². The number of fused-ring (bicyclic) bond motifs is 1. The van der Waals surface area contributed by atoms with E-state index in [1.165, 1.54) is 44.5 Å². The average Bonchev–Trinajstić information content (AvgIpc) is 3.69. The van der Waals surface area contributed by atoms with Crippen molar-refractivity contribution in [2.24, 2.45) is 10.4 Å². The van der Waals surface area contributed by atoms with Gasteiger partial charge in [-0.05, 0) is 122 Å². The summed E-state index contributed by atoms with van der Waals surface area (Å²) in [6, 6.07) is 28.5. The van der Waals surface area contributed by atoms with Crippen molar-refractivity contribution in [3.8, 4) is 11.3 Å². The molecule has 0 saturated carbocycles. The van der Waals surface area contributed by atoms with Crippen molar-refractivity contribution in [1.29, 1.82) is 0 Å². The van der Waals surface area contributed by atoms with Gasteiger partial charge in [-0.3, -0.25) is 9.88 Å². The number of hydrogen-bond acceptors (Lipinski definition) is 7. The van der Waals surface area contributed by atoms with E-state index >= 15 is 0 Å². The zero-order chi connectivity index (χ0) is 31.7. The normalized spacial score (nSPS) is 12.9. The minimum Gasteiger partial charge on any atom is -0.354 e. The molecule has 8 nitrogen and oxygen atoms in total. The maximum Gasteiger partial charge on any atom is 0.0854 e. The van der Waals surface area contributed by atoms with Gasteiger partial charge in [0.2, 0.25) is 0 Å². The zero-order valence-corrected chi connectivity index (χ0v) is 27.4. The minimum atomic E-state index is 0.814. The maximum atomic E-state index is 4.32. The molecule has 2 N–H and O–H groups in total.